The van der Waals surface area contributed by atoms with E-state index in [1.165, 1.54) is 4.31 Å². The number of anilines is 1. The van der Waals surface area contributed by atoms with Crippen LogP contribution in [0.25, 0.3) is 11.4 Å². The van der Waals surface area contributed by atoms with Crippen LogP contribution in [0.15, 0.2) is 57.9 Å². The van der Waals surface area contributed by atoms with E-state index in [0.717, 1.165) is 11.4 Å². The summed E-state index contributed by atoms with van der Waals surface area (Å²) in [6, 6.07) is 14.4. The summed E-state index contributed by atoms with van der Waals surface area (Å²) >= 11 is 0. The van der Waals surface area contributed by atoms with Crippen LogP contribution >= 0.6 is 0 Å². The van der Waals surface area contributed by atoms with Gasteiger partial charge >= 0.3 is 0 Å². The number of piperazine rings is 1. The Morgan fingerprint density at radius 1 is 1.03 bits per heavy atom. The largest absolute Gasteiger partial charge is 0.497 e. The van der Waals surface area contributed by atoms with Crippen molar-refractivity contribution in [2.45, 2.75) is 11.8 Å². The number of hydrogen-bond donors (Lipinski definition) is 0. The first kappa shape index (κ1) is 19.4. The van der Waals surface area contributed by atoms with Gasteiger partial charge in [-0.05, 0) is 36.4 Å². The molecule has 0 bridgehead atoms. The Kier molecular flexibility index (Phi) is 5.25. The van der Waals surface area contributed by atoms with Crippen molar-refractivity contribution in [3.05, 3.63) is 54.4 Å². The fourth-order valence-electron chi connectivity index (χ4n) is 3.34. The summed E-state index contributed by atoms with van der Waals surface area (Å²) in [5, 5.41) is 3.87. The molecule has 8 nitrogen and oxygen atoms in total. The third-order valence-corrected chi connectivity index (χ3v) is 6.83. The van der Waals surface area contributed by atoms with Crippen molar-refractivity contribution in [2.24, 2.45) is 0 Å². The molecule has 1 aliphatic heterocycles. The Bertz CT molecular complexity index is 1090. The maximum atomic E-state index is 13.1. The van der Waals surface area contributed by atoms with Crippen LogP contribution in [0.2, 0.25) is 0 Å². The summed E-state index contributed by atoms with van der Waals surface area (Å²) in [4.78, 5) is 6.57. The number of aryl methyl sites for hydroxylation is 1. The number of aromatic nitrogens is 2. The second kappa shape index (κ2) is 7.84. The van der Waals surface area contributed by atoms with Crippen LogP contribution in [0, 0.1) is 6.92 Å². The van der Waals surface area contributed by atoms with Crippen LogP contribution in [0.4, 0.5) is 5.69 Å². The number of sulfonamides is 1. The topological polar surface area (TPSA) is 88.8 Å². The lowest BCUT2D eigenvalue weighted by Crippen LogP contribution is -2.48. The molecule has 0 radical (unpaired) electrons. The highest BCUT2D eigenvalue weighted by Gasteiger charge is 2.29. The maximum Gasteiger partial charge on any atom is 0.243 e. The number of ether oxygens (including phenoxy) is 1. The molecule has 1 fully saturated rings. The number of hydrogen-bond acceptors (Lipinski definition) is 7. The minimum absolute atomic E-state index is 0.232. The van der Waals surface area contributed by atoms with E-state index < -0.39 is 10.0 Å². The minimum atomic E-state index is -3.60. The van der Waals surface area contributed by atoms with E-state index in [1.54, 1.807) is 38.3 Å². The molecule has 2 heterocycles. The van der Waals surface area contributed by atoms with Gasteiger partial charge < -0.3 is 14.2 Å². The Labute approximate surface area is 169 Å². The van der Waals surface area contributed by atoms with Crippen LogP contribution in [0.5, 0.6) is 5.75 Å². The van der Waals surface area contributed by atoms with E-state index in [2.05, 4.69) is 15.0 Å². The Balaban J connectivity index is 1.49. The van der Waals surface area contributed by atoms with Gasteiger partial charge in [0.15, 0.2) is 0 Å². The van der Waals surface area contributed by atoms with E-state index in [9.17, 15) is 8.42 Å². The molecule has 0 unspecified atom stereocenters. The van der Waals surface area contributed by atoms with Crippen molar-refractivity contribution in [1.29, 1.82) is 0 Å². The zero-order valence-corrected chi connectivity index (χ0v) is 17.1. The smallest absolute Gasteiger partial charge is 0.243 e. The number of methoxy groups -OCH3 is 1. The maximum absolute atomic E-state index is 13.1. The normalized spacial score (nSPS) is 15.4. The van der Waals surface area contributed by atoms with Gasteiger partial charge in [-0.3, -0.25) is 0 Å². The monoisotopic (exact) mass is 414 g/mol. The summed E-state index contributed by atoms with van der Waals surface area (Å²) in [5.74, 6) is 1.61. The highest BCUT2D eigenvalue weighted by atomic mass is 32.2. The lowest BCUT2D eigenvalue weighted by Gasteiger charge is -2.35. The average Bonchev–Trinajstić information content (AvgIpc) is 3.20. The molecule has 0 spiro atoms. The third-order valence-electron chi connectivity index (χ3n) is 4.93. The molecule has 0 atom stereocenters. The van der Waals surface area contributed by atoms with Crippen LogP contribution in [-0.4, -0.2) is 56.2 Å². The fourth-order valence-corrected chi connectivity index (χ4v) is 4.81. The first-order valence-corrected chi connectivity index (χ1v) is 10.7. The second-order valence-corrected chi connectivity index (χ2v) is 8.69. The molecule has 0 amide bonds. The minimum Gasteiger partial charge on any atom is -0.497 e. The van der Waals surface area contributed by atoms with Crippen molar-refractivity contribution in [2.75, 3.05) is 38.2 Å². The predicted octanol–water partition coefficient (Wildman–Crippen LogP) is 2.56. The van der Waals surface area contributed by atoms with Crippen molar-refractivity contribution < 1.29 is 17.7 Å². The van der Waals surface area contributed by atoms with E-state index in [4.69, 9.17) is 9.26 Å². The highest BCUT2D eigenvalue weighted by molar-refractivity contribution is 7.89. The Morgan fingerprint density at radius 2 is 1.76 bits per heavy atom. The van der Waals surface area contributed by atoms with Crippen molar-refractivity contribution in [3.8, 4) is 17.1 Å². The van der Waals surface area contributed by atoms with Gasteiger partial charge in [0.1, 0.15) is 5.75 Å². The van der Waals surface area contributed by atoms with Gasteiger partial charge in [-0.1, -0.05) is 17.3 Å². The molecule has 0 aliphatic carbocycles. The molecule has 1 saturated heterocycles. The molecule has 152 valence electrons. The Morgan fingerprint density at radius 3 is 2.38 bits per heavy atom. The standard InChI is InChI=1S/C20H22N4O4S/c1-15-21-20(22-28-15)16-4-3-5-19(14-16)29(25,26)24-12-10-23(11-13-24)17-6-8-18(27-2)9-7-17/h3-9,14H,10-13H2,1-2H3. The van der Waals surface area contributed by atoms with Crippen LogP contribution in [-0.2, 0) is 10.0 Å². The summed E-state index contributed by atoms with van der Waals surface area (Å²) < 4.78 is 38.0. The van der Waals surface area contributed by atoms with Gasteiger partial charge in [0.25, 0.3) is 0 Å². The van der Waals surface area contributed by atoms with E-state index in [0.29, 0.717) is 43.5 Å². The summed E-state index contributed by atoms with van der Waals surface area (Å²) in [5.41, 5.74) is 1.66. The van der Waals surface area contributed by atoms with Crippen molar-refractivity contribution in [3.63, 3.8) is 0 Å². The first-order valence-electron chi connectivity index (χ1n) is 9.27. The number of benzene rings is 2. The van der Waals surface area contributed by atoms with Crippen molar-refractivity contribution >= 4 is 15.7 Å². The van der Waals surface area contributed by atoms with Gasteiger partial charge in [-0.2, -0.15) is 9.29 Å². The van der Waals surface area contributed by atoms with E-state index >= 15 is 0 Å². The SMILES string of the molecule is COc1ccc(N2CCN(S(=O)(=O)c3cccc(-c4noc(C)n4)c3)CC2)cc1. The molecular weight excluding hydrogens is 392 g/mol. The zero-order valence-electron chi connectivity index (χ0n) is 16.3. The summed E-state index contributed by atoms with van der Waals surface area (Å²) in [7, 11) is -1.97. The highest BCUT2D eigenvalue weighted by Crippen LogP contribution is 2.25. The molecule has 4 rings (SSSR count). The molecule has 3 aromatic rings. The van der Waals surface area contributed by atoms with E-state index in [1.807, 2.05) is 24.3 Å². The second-order valence-electron chi connectivity index (χ2n) is 6.75. The molecule has 9 heteroatoms. The molecule has 0 saturated carbocycles. The first-order chi connectivity index (χ1) is 14.0. The quantitative estimate of drug-likeness (QED) is 0.634. The third kappa shape index (κ3) is 3.96. The van der Waals surface area contributed by atoms with Gasteiger partial charge in [0.05, 0.1) is 12.0 Å². The number of nitrogens with zero attached hydrogens (tertiary/aromatic N) is 4. The van der Waals surface area contributed by atoms with Crippen LogP contribution in [0.3, 0.4) is 0 Å². The fraction of sp³-hybridized carbons (Fsp3) is 0.300. The molecule has 1 aliphatic rings. The average molecular weight is 414 g/mol. The molecule has 0 N–H and O–H groups in total. The Hall–Kier alpha value is -2.91. The van der Waals surface area contributed by atoms with Crippen molar-refractivity contribution in [1.82, 2.24) is 14.4 Å². The molecule has 1 aromatic heterocycles. The summed E-state index contributed by atoms with van der Waals surface area (Å²) in [6.07, 6.45) is 0. The zero-order chi connectivity index (χ0) is 20.4. The van der Waals surface area contributed by atoms with Gasteiger partial charge in [-0.25, -0.2) is 8.42 Å². The molecule has 29 heavy (non-hydrogen) atoms. The lowest BCUT2D eigenvalue weighted by molar-refractivity contribution is 0.384. The van der Waals surface area contributed by atoms with Gasteiger partial charge in [0.2, 0.25) is 21.7 Å². The molecule has 2 aromatic carbocycles. The van der Waals surface area contributed by atoms with Gasteiger partial charge in [-0.15, -0.1) is 0 Å². The van der Waals surface area contributed by atoms with Crippen LogP contribution < -0.4 is 9.64 Å². The summed E-state index contributed by atoms with van der Waals surface area (Å²) in [6.45, 7) is 3.77. The van der Waals surface area contributed by atoms with Crippen LogP contribution in [0.1, 0.15) is 5.89 Å². The predicted molar refractivity (Wildman–Crippen MR) is 108 cm³/mol. The number of rotatable bonds is 5. The molecular formula is C20H22N4O4S. The van der Waals surface area contributed by atoms with E-state index in [-0.39, 0.29) is 4.90 Å². The van der Waals surface area contributed by atoms with Gasteiger partial charge in [0, 0.05) is 44.4 Å². The lowest BCUT2D eigenvalue weighted by atomic mass is 10.2.